The number of amides is 2. The molecule has 6 atom stereocenters. The fraction of sp³-hybridized carbons (Fsp3) is 0.648. The van der Waals surface area contributed by atoms with Crippen LogP contribution < -0.4 is 14.8 Å². The summed E-state index contributed by atoms with van der Waals surface area (Å²) < 4.78 is 40.9. The summed E-state index contributed by atoms with van der Waals surface area (Å²) in [5.41, 5.74) is 2.38. The van der Waals surface area contributed by atoms with Gasteiger partial charge in [0, 0.05) is 44.2 Å². The zero-order valence-corrected chi connectivity index (χ0v) is 41.1. The second kappa shape index (κ2) is 26.9. The third-order valence-corrected chi connectivity index (χ3v) is 13.2. The second-order valence-electron chi connectivity index (χ2n) is 19.4. The number of aliphatic hydroxyl groups is 2. The average molecular weight is 934 g/mol. The molecule has 0 unspecified atom stereocenters. The van der Waals surface area contributed by atoms with Gasteiger partial charge in [-0.3, -0.25) is 4.90 Å². The van der Waals surface area contributed by atoms with E-state index in [4.69, 9.17) is 28.9 Å². The van der Waals surface area contributed by atoms with Crippen LogP contribution in [-0.4, -0.2) is 83.4 Å². The highest BCUT2D eigenvalue weighted by Crippen LogP contribution is 2.62. The number of halogens is 1. The van der Waals surface area contributed by atoms with Crippen LogP contribution in [0.15, 0.2) is 71.9 Å². The number of hydrogen-bond donors (Lipinski definition) is 3. The Bertz CT molecular complexity index is 1920. The number of carbonyl (C=O) groups excluding carboxylic acids is 2. The van der Waals surface area contributed by atoms with E-state index in [0.717, 1.165) is 62.5 Å². The van der Waals surface area contributed by atoms with Crippen molar-refractivity contribution in [2.75, 3.05) is 33.0 Å². The first-order chi connectivity index (χ1) is 32.4. The molecule has 3 N–H and O–H groups in total. The third kappa shape index (κ3) is 15.0. The summed E-state index contributed by atoms with van der Waals surface area (Å²) in [5.74, 6) is -2.00. The number of carbonyl (C=O) groups is 2. The van der Waals surface area contributed by atoms with Crippen LogP contribution in [0.3, 0.4) is 0 Å². The van der Waals surface area contributed by atoms with E-state index in [1.54, 1.807) is 35.2 Å². The maximum absolute atomic E-state index is 14.9. The van der Waals surface area contributed by atoms with Crippen molar-refractivity contribution in [3.05, 3.63) is 83.7 Å². The molecule has 2 aromatic rings. The van der Waals surface area contributed by atoms with Gasteiger partial charge in [0.2, 0.25) is 5.79 Å². The lowest BCUT2D eigenvalue weighted by Gasteiger charge is -2.60. The van der Waals surface area contributed by atoms with E-state index in [9.17, 15) is 24.2 Å². The minimum Gasteiger partial charge on any atom is -0.459 e. The van der Waals surface area contributed by atoms with E-state index < -0.39 is 35.5 Å². The Labute approximate surface area is 399 Å². The normalized spacial score (nSPS) is 22.5. The number of nitrogens with one attached hydrogen (secondary N) is 1. The summed E-state index contributed by atoms with van der Waals surface area (Å²) in [6, 6.07) is 10.6. The first-order valence-corrected chi connectivity index (χ1v) is 25.3. The Morgan fingerprint density at radius 1 is 0.925 bits per heavy atom. The van der Waals surface area contributed by atoms with Crippen LogP contribution in [-0.2, 0) is 20.9 Å². The SMILES string of the molecule is C=CCO[C@@]12Oc3ccc(OC(=O)NCC)cc3[C@H]3[C@H](CCCCO)[C@@H](CCCCO)C=C(C(=NOC(C)(C)C)C[C@@H]1N(Cc1ccc(F)cc1)C(=O)OCCCCCCCCCCCC)[C@H]32. The van der Waals surface area contributed by atoms with Crippen LogP contribution in [0.5, 0.6) is 11.5 Å². The molecular weight excluding hydrogens is 854 g/mol. The molecule has 1 aliphatic heterocycles. The molecule has 1 heterocycles. The highest BCUT2D eigenvalue weighted by Gasteiger charge is 2.65. The van der Waals surface area contributed by atoms with Gasteiger partial charge in [-0.1, -0.05) is 107 Å². The van der Waals surface area contributed by atoms with Gasteiger partial charge in [0.05, 0.1) is 24.8 Å². The molecular formula is C54H80FN3O9. The van der Waals surface area contributed by atoms with Gasteiger partial charge in [-0.15, -0.1) is 6.58 Å². The Morgan fingerprint density at radius 3 is 2.24 bits per heavy atom. The molecule has 2 aromatic carbocycles. The molecule has 0 bridgehead atoms. The van der Waals surface area contributed by atoms with Crippen molar-refractivity contribution >= 4 is 17.9 Å². The van der Waals surface area contributed by atoms with E-state index in [-0.39, 0.29) is 63.0 Å². The summed E-state index contributed by atoms with van der Waals surface area (Å²) in [4.78, 5) is 35.7. The molecule has 67 heavy (non-hydrogen) atoms. The van der Waals surface area contributed by atoms with E-state index in [0.29, 0.717) is 42.2 Å². The van der Waals surface area contributed by atoms with Gasteiger partial charge in [0.25, 0.3) is 0 Å². The zero-order chi connectivity index (χ0) is 48.2. The molecule has 3 aliphatic rings. The number of nitrogens with zero attached hydrogens (tertiary/aromatic N) is 2. The minimum atomic E-state index is -1.54. The maximum Gasteiger partial charge on any atom is 0.412 e. The number of allylic oxidation sites excluding steroid dienone is 1. The molecule has 2 aliphatic carbocycles. The molecule has 372 valence electrons. The average Bonchev–Trinajstić information content (AvgIpc) is 3.30. The zero-order valence-electron chi connectivity index (χ0n) is 41.1. The summed E-state index contributed by atoms with van der Waals surface area (Å²) >= 11 is 0. The molecule has 2 amide bonds. The van der Waals surface area contributed by atoms with Crippen molar-refractivity contribution in [1.82, 2.24) is 10.2 Å². The molecule has 13 heteroatoms. The van der Waals surface area contributed by atoms with E-state index >= 15 is 0 Å². The van der Waals surface area contributed by atoms with Crippen LogP contribution in [0.25, 0.3) is 0 Å². The highest BCUT2D eigenvalue weighted by molar-refractivity contribution is 6.03. The van der Waals surface area contributed by atoms with Crippen molar-refractivity contribution in [1.29, 1.82) is 0 Å². The third-order valence-electron chi connectivity index (χ3n) is 13.2. The Kier molecular flexibility index (Phi) is 21.5. The van der Waals surface area contributed by atoms with Gasteiger partial charge in [0.15, 0.2) is 0 Å². The Hall–Kier alpha value is -4.46. The summed E-state index contributed by atoms with van der Waals surface area (Å²) in [6.07, 6.45) is 18.7. The highest BCUT2D eigenvalue weighted by atomic mass is 19.1. The standard InChI is InChI=1S/C54H80FN3O9/c1-7-10-11-12-13-14-15-16-17-22-34-63-52(62)58(38-39-25-27-41(55)28-26-39)48-37-46(57-67-53(4,5)6)44-35-40(23-18-20-31-59)43(24-19-21-32-60)49-45-36-42(65-51(61)56-9-3)29-30-47(45)66-54(48,50(44)49)64-33-8-2/h8,25-30,35-36,40,43,48-50,59-60H,2,7,9-24,31-34,37-38H2,1,3-6H3,(H,56,61)/t40-,43+,48-,49+,50+,54+/m0/s1. The van der Waals surface area contributed by atoms with Gasteiger partial charge in [0.1, 0.15) is 29.0 Å². The second-order valence-corrected chi connectivity index (χ2v) is 19.4. The topological polar surface area (TPSA) is 148 Å². The first kappa shape index (κ1) is 53.5. The van der Waals surface area contributed by atoms with Crippen molar-refractivity contribution < 1.29 is 48.0 Å². The minimum absolute atomic E-state index is 0.00948. The fourth-order valence-corrected chi connectivity index (χ4v) is 10.1. The number of benzene rings is 2. The van der Waals surface area contributed by atoms with Gasteiger partial charge < -0.3 is 39.3 Å². The van der Waals surface area contributed by atoms with Crippen molar-refractivity contribution in [3.8, 4) is 11.5 Å². The van der Waals surface area contributed by atoms with Crippen molar-refractivity contribution in [3.63, 3.8) is 0 Å². The molecule has 0 saturated heterocycles. The smallest absolute Gasteiger partial charge is 0.412 e. The fourth-order valence-electron chi connectivity index (χ4n) is 10.1. The number of ether oxygens (including phenoxy) is 4. The molecule has 0 spiro atoms. The van der Waals surface area contributed by atoms with Crippen LogP contribution in [0.2, 0.25) is 0 Å². The van der Waals surface area contributed by atoms with Crippen molar-refractivity contribution in [2.24, 2.45) is 22.9 Å². The lowest BCUT2D eigenvalue weighted by atomic mass is 9.55. The lowest BCUT2D eigenvalue weighted by molar-refractivity contribution is -0.256. The van der Waals surface area contributed by atoms with Crippen molar-refractivity contribution in [2.45, 2.75) is 174 Å². The van der Waals surface area contributed by atoms with Gasteiger partial charge in [-0.2, -0.15) is 0 Å². The van der Waals surface area contributed by atoms with Gasteiger partial charge in [-0.05, 0) is 113 Å². The number of rotatable bonds is 28. The molecule has 12 nitrogen and oxygen atoms in total. The molecule has 0 radical (unpaired) electrons. The molecule has 1 fully saturated rings. The Balaban J connectivity index is 1.66. The largest absolute Gasteiger partial charge is 0.459 e. The first-order valence-electron chi connectivity index (χ1n) is 25.3. The maximum atomic E-state index is 14.9. The van der Waals surface area contributed by atoms with Gasteiger partial charge in [-0.25, -0.2) is 14.0 Å². The summed E-state index contributed by atoms with van der Waals surface area (Å²) in [6.45, 7) is 14.8. The predicted molar refractivity (Wildman–Crippen MR) is 261 cm³/mol. The van der Waals surface area contributed by atoms with Crippen LogP contribution in [0, 0.1) is 23.6 Å². The molecule has 0 aromatic heterocycles. The van der Waals surface area contributed by atoms with E-state index in [1.807, 2.05) is 33.8 Å². The Morgan fingerprint density at radius 2 is 1.60 bits per heavy atom. The summed E-state index contributed by atoms with van der Waals surface area (Å²) in [5, 5.41) is 27.6. The number of aliphatic hydroxyl groups excluding tert-OH is 2. The van der Waals surface area contributed by atoms with Gasteiger partial charge >= 0.3 is 12.2 Å². The number of unbranched alkanes of at least 4 members (excludes halogenated alkanes) is 11. The van der Waals surface area contributed by atoms with Crippen LogP contribution >= 0.6 is 0 Å². The molecule has 1 saturated carbocycles. The lowest BCUT2D eigenvalue weighted by Crippen LogP contribution is -2.70. The van der Waals surface area contributed by atoms with E-state index in [2.05, 4.69) is 24.9 Å². The predicted octanol–water partition coefficient (Wildman–Crippen LogP) is 11.9. The quantitative estimate of drug-likeness (QED) is 0.0431. The summed E-state index contributed by atoms with van der Waals surface area (Å²) in [7, 11) is 0. The van der Waals surface area contributed by atoms with Crippen LogP contribution in [0.1, 0.15) is 161 Å². The van der Waals surface area contributed by atoms with Crippen LogP contribution in [0.4, 0.5) is 14.0 Å². The number of fused-ring (bicyclic) bond motifs is 2. The van der Waals surface area contributed by atoms with E-state index in [1.165, 1.54) is 50.7 Å². The number of oxime groups is 1. The number of hydrogen-bond acceptors (Lipinski definition) is 10. The molecule has 5 rings (SSSR count). The monoisotopic (exact) mass is 934 g/mol.